The number of nitrogens with one attached hydrogen (secondary N) is 1. The van der Waals surface area contributed by atoms with E-state index in [2.05, 4.69) is 20.4 Å². The van der Waals surface area contributed by atoms with E-state index in [0.29, 0.717) is 29.7 Å². The van der Waals surface area contributed by atoms with Crippen LogP contribution in [-0.2, 0) is 7.05 Å². The number of alkyl halides is 1. The number of hydrogen-bond acceptors (Lipinski definition) is 6. The van der Waals surface area contributed by atoms with E-state index in [1.165, 1.54) is 0 Å². The van der Waals surface area contributed by atoms with Crippen LogP contribution in [0.4, 0.5) is 10.2 Å². The normalized spacial score (nSPS) is 25.0. The van der Waals surface area contributed by atoms with Gasteiger partial charge in [0.15, 0.2) is 0 Å². The molecule has 2 N–H and O–H groups in total. The number of aromatic nitrogens is 4. The summed E-state index contributed by atoms with van der Waals surface area (Å²) >= 11 is 0. The van der Waals surface area contributed by atoms with Crippen molar-refractivity contribution in [3.8, 4) is 28.1 Å². The van der Waals surface area contributed by atoms with Gasteiger partial charge in [-0.3, -0.25) is 9.67 Å². The SMILES string of the molecule is CCN(c1cnc(-c2ccc(-c3cnn(C)c3)cc2O)cn1)[C@H]1C[C@@H]2CC[C@@H](N2)[C@H]1F. The van der Waals surface area contributed by atoms with Crippen LogP contribution in [0.2, 0.25) is 0 Å². The van der Waals surface area contributed by atoms with E-state index in [1.54, 1.807) is 29.3 Å². The molecule has 4 heterocycles. The predicted molar refractivity (Wildman–Crippen MR) is 118 cm³/mol. The molecule has 0 unspecified atom stereocenters. The first kappa shape index (κ1) is 19.9. The van der Waals surface area contributed by atoms with E-state index in [9.17, 15) is 5.11 Å². The second kappa shape index (κ2) is 7.92. The second-order valence-corrected chi connectivity index (χ2v) is 8.48. The van der Waals surface area contributed by atoms with Gasteiger partial charge >= 0.3 is 0 Å². The minimum atomic E-state index is -0.913. The highest BCUT2D eigenvalue weighted by atomic mass is 19.1. The summed E-state index contributed by atoms with van der Waals surface area (Å²) < 4.78 is 16.8. The number of aromatic hydroxyl groups is 1. The van der Waals surface area contributed by atoms with Crippen molar-refractivity contribution in [3.05, 3.63) is 43.0 Å². The first-order chi connectivity index (χ1) is 15.0. The summed E-state index contributed by atoms with van der Waals surface area (Å²) in [5, 5.41) is 18.1. The molecule has 0 saturated carbocycles. The zero-order valence-corrected chi connectivity index (χ0v) is 17.7. The first-order valence-corrected chi connectivity index (χ1v) is 10.8. The lowest BCUT2D eigenvalue weighted by molar-refractivity contribution is 0.173. The summed E-state index contributed by atoms with van der Waals surface area (Å²) in [6.45, 7) is 2.69. The quantitative estimate of drug-likeness (QED) is 0.657. The lowest BCUT2D eigenvalue weighted by Crippen LogP contribution is -2.56. The molecule has 2 saturated heterocycles. The maximum Gasteiger partial charge on any atom is 0.147 e. The second-order valence-electron chi connectivity index (χ2n) is 8.48. The third-order valence-electron chi connectivity index (χ3n) is 6.54. The zero-order valence-electron chi connectivity index (χ0n) is 17.7. The average molecular weight is 423 g/mol. The van der Waals surface area contributed by atoms with Crippen molar-refractivity contribution in [1.29, 1.82) is 0 Å². The molecule has 2 fully saturated rings. The van der Waals surface area contributed by atoms with Gasteiger partial charge in [-0.25, -0.2) is 9.37 Å². The summed E-state index contributed by atoms with van der Waals surface area (Å²) in [5.74, 6) is 0.807. The number of piperidine rings is 1. The van der Waals surface area contributed by atoms with Gasteiger partial charge in [0.25, 0.3) is 0 Å². The van der Waals surface area contributed by atoms with E-state index in [1.807, 2.05) is 37.2 Å². The molecule has 0 amide bonds. The van der Waals surface area contributed by atoms with Crippen molar-refractivity contribution in [2.45, 2.75) is 50.5 Å². The minimum absolute atomic E-state index is 0.0553. The molecule has 31 heavy (non-hydrogen) atoms. The van der Waals surface area contributed by atoms with Gasteiger partial charge in [-0.05, 0) is 43.9 Å². The molecule has 0 radical (unpaired) electrons. The number of halogens is 1. The number of aryl methyl sites for hydroxylation is 1. The number of phenolic OH excluding ortho intramolecular Hbond substituents is 1. The lowest BCUT2D eigenvalue weighted by atomic mass is 9.96. The fourth-order valence-electron chi connectivity index (χ4n) is 4.95. The van der Waals surface area contributed by atoms with E-state index in [0.717, 1.165) is 30.4 Å². The maximum atomic E-state index is 15.0. The Morgan fingerprint density at radius 1 is 1.19 bits per heavy atom. The van der Waals surface area contributed by atoms with Crippen LogP contribution in [0.25, 0.3) is 22.4 Å². The van der Waals surface area contributed by atoms with Crippen LogP contribution in [0.1, 0.15) is 26.2 Å². The molecule has 1 aromatic carbocycles. The first-order valence-electron chi connectivity index (χ1n) is 10.8. The Morgan fingerprint density at radius 3 is 2.74 bits per heavy atom. The van der Waals surface area contributed by atoms with Gasteiger partial charge in [0, 0.05) is 43.0 Å². The van der Waals surface area contributed by atoms with Gasteiger partial charge in [-0.2, -0.15) is 5.10 Å². The highest BCUT2D eigenvalue weighted by Crippen LogP contribution is 2.35. The van der Waals surface area contributed by atoms with Crippen LogP contribution < -0.4 is 10.2 Å². The number of hydrogen-bond donors (Lipinski definition) is 2. The van der Waals surface area contributed by atoms with E-state index in [4.69, 9.17) is 0 Å². The van der Waals surface area contributed by atoms with Crippen molar-refractivity contribution >= 4 is 5.82 Å². The van der Waals surface area contributed by atoms with Crippen molar-refractivity contribution < 1.29 is 9.50 Å². The molecule has 7 nitrogen and oxygen atoms in total. The number of fused-ring (bicyclic) bond motifs is 2. The van der Waals surface area contributed by atoms with Crippen LogP contribution in [0.3, 0.4) is 0 Å². The molecule has 2 aromatic heterocycles. The van der Waals surface area contributed by atoms with E-state index < -0.39 is 6.17 Å². The molecule has 0 aliphatic carbocycles. The minimum Gasteiger partial charge on any atom is -0.507 e. The molecule has 2 aliphatic heterocycles. The molecule has 2 bridgehead atoms. The molecular formula is C23H27FN6O. The van der Waals surface area contributed by atoms with E-state index in [-0.39, 0.29) is 17.8 Å². The van der Waals surface area contributed by atoms with Gasteiger partial charge < -0.3 is 15.3 Å². The standard InChI is InChI=1S/C23H27FN6O/c1-3-30(20-9-16-5-7-18(28-16)23(20)24)22-12-25-19(11-26-22)17-6-4-14(8-21(17)31)15-10-27-29(2)13-15/h4,6,8,10-13,16,18,20,23,28,31H,3,5,7,9H2,1-2H3/t16-,18+,20-,23+/m0/s1. The number of benzene rings is 1. The summed E-state index contributed by atoms with van der Waals surface area (Å²) in [6, 6.07) is 5.62. The maximum absolute atomic E-state index is 15.0. The van der Waals surface area contributed by atoms with Crippen LogP contribution in [0.15, 0.2) is 43.0 Å². The Kier molecular flexibility index (Phi) is 5.09. The molecule has 2 aliphatic rings. The van der Waals surface area contributed by atoms with Gasteiger partial charge in [-0.1, -0.05) is 6.07 Å². The number of rotatable bonds is 5. The Hall–Kier alpha value is -3.00. The van der Waals surface area contributed by atoms with Crippen molar-refractivity contribution in [1.82, 2.24) is 25.1 Å². The smallest absolute Gasteiger partial charge is 0.147 e. The Morgan fingerprint density at radius 2 is 2.06 bits per heavy atom. The summed E-state index contributed by atoms with van der Waals surface area (Å²) in [6.07, 6.45) is 8.80. The van der Waals surface area contributed by atoms with Crippen LogP contribution in [0.5, 0.6) is 5.75 Å². The summed E-state index contributed by atoms with van der Waals surface area (Å²) in [7, 11) is 1.86. The third kappa shape index (κ3) is 3.65. The van der Waals surface area contributed by atoms with Crippen molar-refractivity contribution in [3.63, 3.8) is 0 Å². The fraction of sp³-hybridized carbons (Fsp3) is 0.435. The molecule has 5 rings (SSSR count). The zero-order chi connectivity index (χ0) is 21.5. The molecule has 8 heteroatoms. The van der Waals surface area contributed by atoms with Gasteiger partial charge in [0.2, 0.25) is 0 Å². The molecular weight excluding hydrogens is 395 g/mol. The van der Waals surface area contributed by atoms with Crippen LogP contribution >= 0.6 is 0 Å². The number of phenols is 1. The fourth-order valence-corrected chi connectivity index (χ4v) is 4.95. The Balaban J connectivity index is 1.38. The van der Waals surface area contributed by atoms with Crippen LogP contribution in [-0.4, -0.2) is 55.7 Å². The highest BCUT2D eigenvalue weighted by Gasteiger charge is 2.44. The largest absolute Gasteiger partial charge is 0.507 e. The van der Waals surface area contributed by atoms with Gasteiger partial charge in [0.05, 0.1) is 30.3 Å². The molecule has 0 spiro atoms. The Labute approximate surface area is 180 Å². The van der Waals surface area contributed by atoms with Gasteiger partial charge in [-0.15, -0.1) is 0 Å². The summed E-state index contributed by atoms with van der Waals surface area (Å²) in [5.41, 5.74) is 3.00. The molecule has 4 atom stereocenters. The van der Waals surface area contributed by atoms with Crippen LogP contribution in [0, 0.1) is 0 Å². The average Bonchev–Trinajstić information content (AvgIpc) is 3.39. The molecule has 3 aromatic rings. The number of anilines is 1. The predicted octanol–water partition coefficient (Wildman–Crippen LogP) is 3.31. The van der Waals surface area contributed by atoms with E-state index >= 15 is 4.39 Å². The highest BCUT2D eigenvalue weighted by molar-refractivity contribution is 5.73. The lowest BCUT2D eigenvalue weighted by Gasteiger charge is -2.40. The summed E-state index contributed by atoms with van der Waals surface area (Å²) in [4.78, 5) is 11.2. The number of nitrogens with zero attached hydrogens (tertiary/aromatic N) is 5. The topological polar surface area (TPSA) is 79.1 Å². The monoisotopic (exact) mass is 422 g/mol. The van der Waals surface area contributed by atoms with Crippen molar-refractivity contribution in [2.75, 3.05) is 11.4 Å². The van der Waals surface area contributed by atoms with Gasteiger partial charge in [0.1, 0.15) is 17.7 Å². The molecule has 162 valence electrons. The third-order valence-corrected chi connectivity index (χ3v) is 6.54. The van der Waals surface area contributed by atoms with Crippen molar-refractivity contribution in [2.24, 2.45) is 7.05 Å². The Bertz CT molecular complexity index is 1070.